The number of halogens is 3. The van der Waals surface area contributed by atoms with Gasteiger partial charge in [-0.25, -0.2) is 0 Å². The van der Waals surface area contributed by atoms with E-state index >= 15 is 0 Å². The van der Waals surface area contributed by atoms with E-state index in [0.717, 1.165) is 0 Å². The summed E-state index contributed by atoms with van der Waals surface area (Å²) in [6, 6.07) is 5.76. The maximum absolute atomic E-state index is 11.9. The van der Waals surface area contributed by atoms with Crippen LogP contribution in [0.1, 0.15) is 5.56 Å². The van der Waals surface area contributed by atoms with Crippen LogP contribution >= 0.6 is 11.6 Å². The Morgan fingerprint density at radius 3 is 2.64 bits per heavy atom. The highest BCUT2D eigenvalue weighted by Crippen LogP contribution is 2.22. The summed E-state index contributed by atoms with van der Waals surface area (Å²) < 4.78 is 28.0. The topological polar surface area (TPSA) is 41.8 Å². The molecule has 0 aliphatic heterocycles. The van der Waals surface area contributed by atoms with Crippen molar-refractivity contribution >= 4 is 16.8 Å². The molecule has 0 aliphatic carbocycles. The van der Waals surface area contributed by atoms with Crippen molar-refractivity contribution in [1.82, 2.24) is 0 Å². The molecule has 0 fully saturated rings. The van der Waals surface area contributed by atoms with Gasteiger partial charge in [-0.05, 0) is 12.1 Å². The van der Waals surface area contributed by atoms with Crippen LogP contribution in [0, 0.1) is 0 Å². The van der Waals surface area contributed by atoms with Gasteiger partial charge in [-0.15, -0.1) is 0 Å². The zero-order chi connectivity index (χ0) is 10.6. The quantitative estimate of drug-likeness (QED) is 0.484. The van der Waals surface area contributed by atoms with E-state index in [1.165, 1.54) is 18.2 Å². The molecule has 6 heteroatoms. The minimum Gasteiger partial charge on any atom is -0.434 e. The van der Waals surface area contributed by atoms with Crippen LogP contribution in [0.25, 0.3) is 0 Å². The number of hydrogen-bond acceptors (Lipinski definition) is 3. The van der Waals surface area contributed by atoms with Gasteiger partial charge in [0.1, 0.15) is 5.75 Å². The molecular weight excluding hydrogens is 216 g/mol. The molecule has 0 unspecified atom stereocenters. The normalized spacial score (nSPS) is 11.9. The minimum atomic E-state index is -2.95. The lowest BCUT2D eigenvalue weighted by atomic mass is 10.2. The predicted octanol–water partition coefficient (Wildman–Crippen LogP) is 2.66. The summed E-state index contributed by atoms with van der Waals surface area (Å²) >= 11 is 5.45. The first kappa shape index (κ1) is 10.7. The van der Waals surface area contributed by atoms with E-state index in [1.807, 2.05) is 0 Å². The zero-order valence-corrected chi connectivity index (χ0v) is 7.58. The summed E-state index contributed by atoms with van der Waals surface area (Å²) in [5.74, 6) is -0.134. The van der Waals surface area contributed by atoms with Crippen molar-refractivity contribution in [3.8, 4) is 5.75 Å². The largest absolute Gasteiger partial charge is 0.434 e. The second-order valence-electron chi connectivity index (χ2n) is 2.27. The first-order chi connectivity index (χ1) is 6.65. The van der Waals surface area contributed by atoms with Gasteiger partial charge in [0, 0.05) is 0 Å². The van der Waals surface area contributed by atoms with Gasteiger partial charge < -0.3 is 9.94 Å². The fraction of sp³-hybridized carbons (Fsp3) is 0.125. The Morgan fingerprint density at radius 1 is 1.43 bits per heavy atom. The second kappa shape index (κ2) is 4.76. The number of ether oxygens (including phenoxy) is 1. The first-order valence-corrected chi connectivity index (χ1v) is 3.94. The number of benzene rings is 1. The van der Waals surface area contributed by atoms with E-state index in [0.29, 0.717) is 0 Å². The van der Waals surface area contributed by atoms with E-state index in [-0.39, 0.29) is 16.5 Å². The Labute approximate surface area is 83.6 Å². The number of rotatable bonds is 3. The molecule has 76 valence electrons. The van der Waals surface area contributed by atoms with E-state index in [1.54, 1.807) is 6.07 Å². The van der Waals surface area contributed by atoms with E-state index in [9.17, 15) is 8.78 Å². The van der Waals surface area contributed by atoms with E-state index in [4.69, 9.17) is 16.8 Å². The molecule has 1 N–H and O–H groups in total. The molecule has 14 heavy (non-hydrogen) atoms. The highest BCUT2D eigenvalue weighted by Gasteiger charge is 2.12. The Hall–Kier alpha value is -1.36. The lowest BCUT2D eigenvalue weighted by Crippen LogP contribution is -2.05. The molecule has 0 bridgehead atoms. The molecule has 0 saturated heterocycles. The Kier molecular flexibility index (Phi) is 3.64. The lowest BCUT2D eigenvalue weighted by Gasteiger charge is -2.07. The van der Waals surface area contributed by atoms with Gasteiger partial charge in [0.15, 0.2) is 5.17 Å². The van der Waals surface area contributed by atoms with Gasteiger partial charge in [0.25, 0.3) is 0 Å². The van der Waals surface area contributed by atoms with Gasteiger partial charge in [0.2, 0.25) is 0 Å². The van der Waals surface area contributed by atoms with Crippen molar-refractivity contribution < 1.29 is 18.7 Å². The summed E-state index contributed by atoms with van der Waals surface area (Å²) in [6.45, 7) is -2.95. The molecule has 0 aliphatic rings. The summed E-state index contributed by atoms with van der Waals surface area (Å²) in [6.07, 6.45) is 0. The maximum Gasteiger partial charge on any atom is 0.387 e. The second-order valence-corrected chi connectivity index (χ2v) is 2.62. The van der Waals surface area contributed by atoms with Crippen LogP contribution in [0.2, 0.25) is 0 Å². The van der Waals surface area contributed by atoms with Crippen LogP contribution in [0.15, 0.2) is 29.4 Å². The zero-order valence-electron chi connectivity index (χ0n) is 6.82. The molecule has 0 aromatic heterocycles. The highest BCUT2D eigenvalue weighted by atomic mass is 35.5. The molecule has 1 aromatic carbocycles. The van der Waals surface area contributed by atoms with Crippen molar-refractivity contribution in [3.05, 3.63) is 29.8 Å². The van der Waals surface area contributed by atoms with Gasteiger partial charge in [0.05, 0.1) is 5.56 Å². The molecule has 0 heterocycles. The molecule has 0 saturated carbocycles. The van der Waals surface area contributed by atoms with Crippen molar-refractivity contribution in [2.24, 2.45) is 5.16 Å². The number of nitrogens with zero attached hydrogens (tertiary/aromatic N) is 1. The van der Waals surface area contributed by atoms with Crippen molar-refractivity contribution in [2.45, 2.75) is 6.61 Å². The maximum atomic E-state index is 11.9. The fourth-order valence-electron chi connectivity index (χ4n) is 0.890. The fourth-order valence-corrected chi connectivity index (χ4v) is 1.05. The summed E-state index contributed by atoms with van der Waals surface area (Å²) in [5.41, 5.74) is 0.108. The van der Waals surface area contributed by atoms with Gasteiger partial charge >= 0.3 is 6.61 Å². The van der Waals surface area contributed by atoms with Crippen LogP contribution in [-0.4, -0.2) is 17.0 Å². The van der Waals surface area contributed by atoms with Crippen molar-refractivity contribution in [2.75, 3.05) is 0 Å². The van der Waals surface area contributed by atoms with Crippen molar-refractivity contribution in [3.63, 3.8) is 0 Å². The molecule has 1 aromatic rings. The van der Waals surface area contributed by atoms with Gasteiger partial charge in [-0.2, -0.15) is 8.78 Å². The smallest absolute Gasteiger partial charge is 0.387 e. The minimum absolute atomic E-state index is 0.108. The van der Waals surface area contributed by atoms with Crippen LogP contribution < -0.4 is 4.74 Å². The van der Waals surface area contributed by atoms with E-state index in [2.05, 4.69) is 9.89 Å². The Morgan fingerprint density at radius 2 is 2.07 bits per heavy atom. The van der Waals surface area contributed by atoms with Gasteiger partial charge in [-0.1, -0.05) is 28.9 Å². The van der Waals surface area contributed by atoms with Gasteiger partial charge in [-0.3, -0.25) is 0 Å². The Balaban J connectivity index is 3.03. The third kappa shape index (κ3) is 2.56. The molecule has 1 rings (SSSR count). The van der Waals surface area contributed by atoms with Crippen LogP contribution in [0.4, 0.5) is 8.78 Å². The average Bonchev–Trinajstić information content (AvgIpc) is 2.16. The number of hydrogen-bond donors (Lipinski definition) is 1. The molecule has 0 radical (unpaired) electrons. The van der Waals surface area contributed by atoms with E-state index < -0.39 is 6.61 Å². The summed E-state index contributed by atoms with van der Waals surface area (Å²) in [4.78, 5) is 0. The van der Waals surface area contributed by atoms with Crippen LogP contribution in [0.3, 0.4) is 0 Å². The molecule has 0 atom stereocenters. The van der Waals surface area contributed by atoms with Crippen LogP contribution in [-0.2, 0) is 0 Å². The molecule has 3 nitrogen and oxygen atoms in total. The monoisotopic (exact) mass is 221 g/mol. The number of oxime groups is 1. The third-order valence-corrected chi connectivity index (χ3v) is 1.69. The third-order valence-electron chi connectivity index (χ3n) is 1.41. The summed E-state index contributed by atoms with van der Waals surface area (Å²) in [5, 5.41) is 10.7. The Bertz CT molecular complexity index is 344. The lowest BCUT2D eigenvalue weighted by molar-refractivity contribution is -0.0499. The number of alkyl halides is 2. The standard InChI is InChI=1S/C8H6ClF2NO2/c9-7(12-13)5-3-1-2-4-6(5)14-8(10)11/h1-4,8,13H. The average molecular weight is 222 g/mol. The summed E-state index contributed by atoms with van der Waals surface area (Å²) in [7, 11) is 0. The van der Waals surface area contributed by atoms with Crippen LogP contribution in [0.5, 0.6) is 5.75 Å². The SMILES string of the molecule is ON=C(Cl)c1ccccc1OC(F)F. The molecular formula is C8H6ClF2NO2. The molecule has 0 amide bonds. The predicted molar refractivity (Wildman–Crippen MR) is 47.3 cm³/mol. The first-order valence-electron chi connectivity index (χ1n) is 3.57. The highest BCUT2D eigenvalue weighted by molar-refractivity contribution is 6.69. The van der Waals surface area contributed by atoms with Crippen molar-refractivity contribution in [1.29, 1.82) is 0 Å². The number of para-hydroxylation sites is 1. The molecule has 0 spiro atoms.